The van der Waals surface area contributed by atoms with Crippen LogP contribution in [0.4, 0.5) is 24.5 Å². The molecule has 0 aliphatic rings. The third kappa shape index (κ3) is 5.22. The predicted octanol–water partition coefficient (Wildman–Crippen LogP) is 5.38. The van der Waals surface area contributed by atoms with E-state index in [2.05, 4.69) is 20.6 Å². The molecule has 0 radical (unpaired) electrons. The maximum atomic E-state index is 12.7. The summed E-state index contributed by atoms with van der Waals surface area (Å²) in [5, 5.41) is 6.00. The lowest BCUT2D eigenvalue weighted by Crippen LogP contribution is -2.22. The van der Waals surface area contributed by atoms with Gasteiger partial charge in [-0.05, 0) is 60.2 Å². The van der Waals surface area contributed by atoms with Crippen LogP contribution in [0.25, 0.3) is 16.9 Å². The van der Waals surface area contributed by atoms with E-state index in [1.54, 1.807) is 42.9 Å². The van der Waals surface area contributed by atoms with Crippen molar-refractivity contribution in [1.29, 1.82) is 0 Å². The molecule has 1 amide bonds. The minimum absolute atomic E-state index is 0.106. The van der Waals surface area contributed by atoms with Crippen LogP contribution in [0, 0.1) is 0 Å². The minimum atomic E-state index is -4.40. The molecule has 0 unspecified atom stereocenters. The third-order valence-corrected chi connectivity index (χ3v) is 5.78. The lowest BCUT2D eigenvalue weighted by molar-refractivity contribution is -0.137. The van der Waals surface area contributed by atoms with E-state index in [1.165, 1.54) is 18.2 Å². The number of rotatable bonds is 6. The molecule has 0 saturated carbocycles. The summed E-state index contributed by atoms with van der Waals surface area (Å²) in [7, 11) is 0. The molecule has 0 atom stereocenters. The average molecular weight is 503 g/mol. The fraction of sp³-hybridized carbons (Fsp3) is 0.0741. The molecule has 0 spiro atoms. The zero-order valence-electron chi connectivity index (χ0n) is 19.2. The van der Waals surface area contributed by atoms with Gasteiger partial charge in [0, 0.05) is 48.0 Å². The van der Waals surface area contributed by atoms with Crippen molar-refractivity contribution in [3.8, 4) is 11.3 Å². The molecule has 37 heavy (non-hydrogen) atoms. The van der Waals surface area contributed by atoms with Crippen LogP contribution in [0.3, 0.4) is 0 Å². The number of aromatic amines is 1. The number of anilines is 2. The number of fused-ring (bicyclic) bond motifs is 1. The molecule has 0 fully saturated rings. The normalized spacial score (nSPS) is 11.4. The zero-order chi connectivity index (χ0) is 26.0. The molecule has 0 saturated heterocycles. The Morgan fingerprint density at radius 2 is 1.73 bits per heavy atom. The highest BCUT2D eigenvalue weighted by molar-refractivity contribution is 5.94. The van der Waals surface area contributed by atoms with E-state index >= 15 is 0 Å². The molecule has 3 heterocycles. The van der Waals surface area contributed by atoms with Crippen LogP contribution in [0.2, 0.25) is 0 Å². The highest BCUT2D eigenvalue weighted by Crippen LogP contribution is 2.29. The van der Waals surface area contributed by atoms with E-state index < -0.39 is 11.7 Å². The molecule has 0 aliphatic carbocycles. The van der Waals surface area contributed by atoms with Gasteiger partial charge in [-0.1, -0.05) is 12.1 Å². The second-order valence-electron chi connectivity index (χ2n) is 8.27. The van der Waals surface area contributed by atoms with Gasteiger partial charge in [0.05, 0.1) is 16.9 Å². The first kappa shape index (κ1) is 23.9. The van der Waals surface area contributed by atoms with Crippen LogP contribution in [-0.4, -0.2) is 20.3 Å². The van der Waals surface area contributed by atoms with Crippen molar-refractivity contribution in [1.82, 2.24) is 19.7 Å². The highest BCUT2D eigenvalue weighted by Gasteiger charge is 2.29. The summed E-state index contributed by atoms with van der Waals surface area (Å²) >= 11 is 0. The molecule has 3 N–H and O–H groups in total. The van der Waals surface area contributed by atoms with Gasteiger partial charge in [-0.15, -0.1) is 0 Å². The summed E-state index contributed by atoms with van der Waals surface area (Å²) in [6.07, 6.45) is 0.668. The van der Waals surface area contributed by atoms with E-state index in [-0.39, 0.29) is 18.0 Å². The Bertz CT molecular complexity index is 1620. The number of hydrogen-bond acceptors (Lipinski definition) is 4. The number of benzene rings is 2. The maximum absolute atomic E-state index is 12.7. The van der Waals surface area contributed by atoms with Crippen LogP contribution in [0.5, 0.6) is 0 Å². The number of carbonyl (C=O) groups excluding carboxylic acids is 1. The summed E-state index contributed by atoms with van der Waals surface area (Å²) in [5.41, 5.74) is 3.73. The molecular formula is C27H20F3N5O2. The molecular weight excluding hydrogens is 483 g/mol. The number of H-pyrrole nitrogens is 1. The van der Waals surface area contributed by atoms with E-state index in [0.717, 1.165) is 34.8 Å². The van der Waals surface area contributed by atoms with E-state index in [4.69, 9.17) is 0 Å². The van der Waals surface area contributed by atoms with E-state index in [1.807, 2.05) is 22.6 Å². The Labute approximate surface area is 208 Å². The summed E-state index contributed by atoms with van der Waals surface area (Å²) in [4.78, 5) is 31.3. The van der Waals surface area contributed by atoms with E-state index in [9.17, 15) is 22.8 Å². The minimum Gasteiger partial charge on any atom is -0.352 e. The van der Waals surface area contributed by atoms with Crippen molar-refractivity contribution >= 4 is 22.9 Å². The van der Waals surface area contributed by atoms with Gasteiger partial charge in [0.2, 0.25) is 5.56 Å². The second kappa shape index (κ2) is 9.65. The topological polar surface area (TPSA) is 91.3 Å². The number of imidazole rings is 1. The van der Waals surface area contributed by atoms with Crippen molar-refractivity contribution in [2.45, 2.75) is 12.7 Å². The van der Waals surface area contributed by atoms with E-state index in [0.29, 0.717) is 16.8 Å². The molecule has 186 valence electrons. The number of pyridine rings is 2. The summed E-state index contributed by atoms with van der Waals surface area (Å²) in [6, 6.07) is 18.5. The maximum Gasteiger partial charge on any atom is 0.416 e. The van der Waals surface area contributed by atoms with Crippen molar-refractivity contribution in [2.75, 3.05) is 5.32 Å². The third-order valence-electron chi connectivity index (χ3n) is 5.78. The Balaban J connectivity index is 1.26. The summed E-state index contributed by atoms with van der Waals surface area (Å²) in [6.45, 7) is 0.106. The summed E-state index contributed by atoms with van der Waals surface area (Å²) in [5.74, 6) is -0.343. The lowest BCUT2D eigenvalue weighted by Gasteiger charge is -2.12. The number of nitrogens with zero attached hydrogens (tertiary/aromatic N) is 2. The standard InChI is InChI=1S/C27H20F3N5O2/c28-27(29,30)20-5-1-17(2-6-20)16-33-26(37)18-3-7-21(8-4-18)34-22-9-10-23(35-14-13-32-25(22)35)19-11-12-31-24(36)15-19/h1-15,34H,16H2,(H,31,36)(H,33,37). The first-order valence-electron chi connectivity index (χ1n) is 11.2. The van der Waals surface area contributed by atoms with Crippen molar-refractivity contribution in [2.24, 2.45) is 0 Å². The van der Waals surface area contributed by atoms with Crippen molar-refractivity contribution < 1.29 is 18.0 Å². The number of carbonyl (C=O) groups is 1. The number of hydrogen-bond donors (Lipinski definition) is 3. The molecule has 0 aliphatic heterocycles. The SMILES string of the molecule is O=C(NCc1ccc(C(F)(F)F)cc1)c1ccc(Nc2ccc(-c3cc[nH]c(=O)c3)n3ccnc23)cc1. The summed E-state index contributed by atoms with van der Waals surface area (Å²) < 4.78 is 40.0. The van der Waals surface area contributed by atoms with Gasteiger partial charge in [0.15, 0.2) is 5.65 Å². The molecule has 5 rings (SSSR count). The number of nitrogens with one attached hydrogen (secondary N) is 3. The second-order valence-corrected chi connectivity index (χ2v) is 8.27. The molecule has 7 nitrogen and oxygen atoms in total. The Hall–Kier alpha value is -4.86. The monoisotopic (exact) mass is 503 g/mol. The first-order valence-corrected chi connectivity index (χ1v) is 11.2. The van der Waals surface area contributed by atoms with Crippen LogP contribution >= 0.6 is 0 Å². The fourth-order valence-corrected chi connectivity index (χ4v) is 3.91. The quantitative estimate of drug-likeness (QED) is 0.290. The molecule has 0 bridgehead atoms. The first-order chi connectivity index (χ1) is 17.8. The van der Waals surface area contributed by atoms with Gasteiger partial charge in [-0.2, -0.15) is 13.2 Å². The smallest absolute Gasteiger partial charge is 0.352 e. The van der Waals surface area contributed by atoms with Crippen LogP contribution < -0.4 is 16.2 Å². The Kier molecular flexibility index (Phi) is 6.22. The number of halogens is 3. The van der Waals surface area contributed by atoms with Gasteiger partial charge in [0.1, 0.15) is 0 Å². The van der Waals surface area contributed by atoms with Crippen LogP contribution in [-0.2, 0) is 12.7 Å². The van der Waals surface area contributed by atoms with Gasteiger partial charge in [-0.3, -0.25) is 14.0 Å². The molecule has 3 aromatic heterocycles. The fourth-order valence-electron chi connectivity index (χ4n) is 3.91. The average Bonchev–Trinajstić information content (AvgIpc) is 3.38. The van der Waals surface area contributed by atoms with Gasteiger partial charge in [0.25, 0.3) is 5.91 Å². The van der Waals surface area contributed by atoms with Crippen molar-refractivity contribution in [3.63, 3.8) is 0 Å². The number of alkyl halides is 3. The lowest BCUT2D eigenvalue weighted by atomic mass is 10.1. The van der Waals surface area contributed by atoms with Gasteiger partial charge >= 0.3 is 6.18 Å². The number of amides is 1. The number of aromatic nitrogens is 3. The van der Waals surface area contributed by atoms with Gasteiger partial charge < -0.3 is 15.6 Å². The van der Waals surface area contributed by atoms with Crippen LogP contribution in [0.15, 0.2) is 96.2 Å². The largest absolute Gasteiger partial charge is 0.416 e. The Morgan fingerprint density at radius 1 is 0.973 bits per heavy atom. The molecule has 5 aromatic rings. The van der Waals surface area contributed by atoms with Gasteiger partial charge in [-0.25, -0.2) is 4.98 Å². The molecule has 2 aromatic carbocycles. The Morgan fingerprint density at radius 3 is 2.43 bits per heavy atom. The van der Waals surface area contributed by atoms with Crippen LogP contribution in [0.1, 0.15) is 21.5 Å². The zero-order valence-corrected chi connectivity index (χ0v) is 19.2. The predicted molar refractivity (Wildman–Crippen MR) is 134 cm³/mol. The molecule has 10 heteroatoms. The van der Waals surface area contributed by atoms with Crippen molar-refractivity contribution in [3.05, 3.63) is 118 Å². The highest BCUT2D eigenvalue weighted by atomic mass is 19.4.